The van der Waals surface area contributed by atoms with Crippen molar-refractivity contribution in [1.29, 1.82) is 0 Å². The quantitative estimate of drug-likeness (QED) is 0.468. The van der Waals surface area contributed by atoms with Gasteiger partial charge < -0.3 is 9.64 Å². The van der Waals surface area contributed by atoms with E-state index in [4.69, 9.17) is 4.74 Å². The van der Waals surface area contributed by atoms with Crippen molar-refractivity contribution in [3.8, 4) is 11.5 Å². The number of aryl methyl sites for hydroxylation is 2. The van der Waals surface area contributed by atoms with Crippen LogP contribution in [0.5, 0.6) is 11.5 Å². The first-order valence-electron chi connectivity index (χ1n) is 8.71. The molecule has 2 rings (SSSR count). The van der Waals surface area contributed by atoms with E-state index in [-0.39, 0.29) is 0 Å². The summed E-state index contributed by atoms with van der Waals surface area (Å²) in [6.07, 6.45) is 3.97. The number of aliphatic imine (C=N–C) groups is 1. The van der Waals surface area contributed by atoms with Crippen LogP contribution in [0.15, 0.2) is 47.5 Å². The summed E-state index contributed by atoms with van der Waals surface area (Å²) in [6, 6.07) is 12.3. The summed E-state index contributed by atoms with van der Waals surface area (Å²) in [5.41, 5.74) is 5.57. The Hall–Kier alpha value is -2.55. The number of benzene rings is 2. The highest BCUT2D eigenvalue weighted by Gasteiger charge is 2.07. The Balaban J connectivity index is 2.27. The molecule has 0 fully saturated rings. The Bertz CT molecular complexity index is 791. The van der Waals surface area contributed by atoms with Crippen LogP contribution in [0.3, 0.4) is 0 Å². The highest BCUT2D eigenvalue weighted by atomic mass is 16.5. The minimum absolute atomic E-state index is 0.850. The molecule has 132 valence electrons. The van der Waals surface area contributed by atoms with Crippen molar-refractivity contribution in [2.45, 2.75) is 34.6 Å². The molecule has 0 heterocycles. The number of ether oxygens (including phenoxy) is 1. The summed E-state index contributed by atoms with van der Waals surface area (Å²) in [6.45, 7) is 11.3. The van der Waals surface area contributed by atoms with Gasteiger partial charge in [-0.1, -0.05) is 18.2 Å². The Morgan fingerprint density at radius 1 is 1.16 bits per heavy atom. The zero-order chi connectivity index (χ0) is 18.4. The van der Waals surface area contributed by atoms with Crippen LogP contribution in [0.1, 0.15) is 37.5 Å². The number of rotatable bonds is 6. The van der Waals surface area contributed by atoms with Gasteiger partial charge in [0.15, 0.2) is 0 Å². The second kappa shape index (κ2) is 8.52. The van der Waals surface area contributed by atoms with Gasteiger partial charge in [-0.05, 0) is 81.1 Å². The summed E-state index contributed by atoms with van der Waals surface area (Å²) in [5.74, 6) is 1.72. The van der Waals surface area contributed by atoms with Gasteiger partial charge in [-0.25, -0.2) is 4.99 Å². The Morgan fingerprint density at radius 3 is 2.60 bits per heavy atom. The van der Waals surface area contributed by atoms with Crippen LogP contribution in [0.2, 0.25) is 0 Å². The minimum Gasteiger partial charge on any atom is -0.457 e. The second-order valence-corrected chi connectivity index (χ2v) is 6.32. The first-order valence-corrected chi connectivity index (χ1v) is 8.71. The van der Waals surface area contributed by atoms with E-state index >= 15 is 0 Å². The molecule has 0 spiro atoms. The lowest BCUT2D eigenvalue weighted by Gasteiger charge is -2.13. The van der Waals surface area contributed by atoms with Crippen molar-refractivity contribution < 1.29 is 4.74 Å². The van der Waals surface area contributed by atoms with Gasteiger partial charge in [0.25, 0.3) is 0 Å². The Kier molecular flexibility index (Phi) is 6.40. The fraction of sp³-hybridized carbons (Fsp3) is 0.318. The summed E-state index contributed by atoms with van der Waals surface area (Å²) in [4.78, 5) is 6.62. The molecule has 0 unspecified atom stereocenters. The van der Waals surface area contributed by atoms with Crippen molar-refractivity contribution in [2.24, 2.45) is 4.99 Å². The molecule has 0 saturated heterocycles. The van der Waals surface area contributed by atoms with Crippen molar-refractivity contribution in [1.82, 2.24) is 4.90 Å². The Labute approximate surface area is 151 Å². The van der Waals surface area contributed by atoms with E-state index in [1.54, 1.807) is 0 Å². The van der Waals surface area contributed by atoms with E-state index in [2.05, 4.69) is 63.0 Å². The van der Waals surface area contributed by atoms with E-state index in [1.807, 2.05) is 37.3 Å². The van der Waals surface area contributed by atoms with E-state index in [1.165, 1.54) is 11.1 Å². The minimum atomic E-state index is 0.850. The van der Waals surface area contributed by atoms with Crippen molar-refractivity contribution >= 4 is 17.6 Å². The zero-order valence-electron chi connectivity index (χ0n) is 16.1. The molecule has 0 aliphatic rings. The topological polar surface area (TPSA) is 24.8 Å². The van der Waals surface area contributed by atoms with Gasteiger partial charge in [0, 0.05) is 13.6 Å². The molecule has 0 aromatic heterocycles. The lowest BCUT2D eigenvalue weighted by atomic mass is 10.1. The summed E-state index contributed by atoms with van der Waals surface area (Å²) >= 11 is 0. The lowest BCUT2D eigenvalue weighted by molar-refractivity contribution is 0.478. The van der Waals surface area contributed by atoms with Gasteiger partial charge in [0.2, 0.25) is 0 Å². The predicted molar refractivity (Wildman–Crippen MR) is 108 cm³/mol. The van der Waals surface area contributed by atoms with Crippen molar-refractivity contribution in [3.63, 3.8) is 0 Å². The van der Waals surface area contributed by atoms with Gasteiger partial charge in [0.1, 0.15) is 11.5 Å². The SMILES string of the molecule is C/C=C(/C)c1cccc(Oc2cc(C)c(N=CN(C)CC)cc2C)c1. The molecule has 0 aliphatic heterocycles. The highest BCUT2D eigenvalue weighted by Crippen LogP contribution is 2.32. The van der Waals surface area contributed by atoms with Crippen LogP contribution < -0.4 is 4.74 Å². The van der Waals surface area contributed by atoms with Gasteiger partial charge >= 0.3 is 0 Å². The summed E-state index contributed by atoms with van der Waals surface area (Å²) in [7, 11) is 2.02. The molecular weight excluding hydrogens is 308 g/mol. The van der Waals surface area contributed by atoms with Gasteiger partial charge in [-0.2, -0.15) is 0 Å². The predicted octanol–water partition coefficient (Wildman–Crippen LogP) is 6.13. The van der Waals surface area contributed by atoms with E-state index in [0.29, 0.717) is 0 Å². The average Bonchev–Trinajstić information content (AvgIpc) is 2.62. The van der Waals surface area contributed by atoms with Crippen LogP contribution in [-0.4, -0.2) is 24.8 Å². The average molecular weight is 336 g/mol. The maximum Gasteiger partial charge on any atom is 0.130 e. The summed E-state index contributed by atoms with van der Waals surface area (Å²) < 4.78 is 6.14. The Morgan fingerprint density at radius 2 is 1.92 bits per heavy atom. The van der Waals surface area contributed by atoms with Crippen LogP contribution in [0.25, 0.3) is 5.57 Å². The van der Waals surface area contributed by atoms with E-state index < -0.39 is 0 Å². The maximum absolute atomic E-state index is 6.14. The van der Waals surface area contributed by atoms with E-state index in [0.717, 1.165) is 34.9 Å². The fourth-order valence-electron chi connectivity index (χ4n) is 2.36. The molecule has 0 amide bonds. The molecule has 0 saturated carbocycles. The number of hydrogen-bond donors (Lipinski definition) is 0. The fourth-order valence-corrected chi connectivity index (χ4v) is 2.36. The molecule has 0 aliphatic carbocycles. The standard InChI is InChI=1S/C22H28N2O/c1-7-16(3)19-10-9-11-20(14-19)25-22-13-17(4)21(12-18(22)5)23-15-24(6)8-2/h7,9-15H,8H2,1-6H3/b16-7-,23-15?. The van der Waals surface area contributed by atoms with Crippen molar-refractivity contribution in [3.05, 3.63) is 59.2 Å². The molecule has 2 aromatic carbocycles. The molecule has 2 aromatic rings. The maximum atomic E-state index is 6.14. The van der Waals surface area contributed by atoms with E-state index in [9.17, 15) is 0 Å². The third-order valence-electron chi connectivity index (χ3n) is 4.34. The van der Waals surface area contributed by atoms with Gasteiger partial charge in [-0.3, -0.25) is 0 Å². The van der Waals surface area contributed by atoms with Crippen LogP contribution in [-0.2, 0) is 0 Å². The monoisotopic (exact) mass is 336 g/mol. The van der Waals surface area contributed by atoms with Crippen LogP contribution >= 0.6 is 0 Å². The summed E-state index contributed by atoms with van der Waals surface area (Å²) in [5, 5.41) is 0. The molecule has 3 heteroatoms. The smallest absolute Gasteiger partial charge is 0.130 e. The van der Waals surface area contributed by atoms with Gasteiger partial charge in [0.05, 0.1) is 12.0 Å². The first kappa shape index (κ1) is 18.8. The molecule has 0 bridgehead atoms. The van der Waals surface area contributed by atoms with Gasteiger partial charge in [-0.15, -0.1) is 0 Å². The lowest BCUT2D eigenvalue weighted by Crippen LogP contribution is -2.14. The second-order valence-electron chi connectivity index (χ2n) is 6.32. The molecule has 3 nitrogen and oxygen atoms in total. The number of allylic oxidation sites excluding steroid dienone is 2. The number of hydrogen-bond acceptors (Lipinski definition) is 2. The number of nitrogens with zero attached hydrogens (tertiary/aromatic N) is 2. The third kappa shape index (κ3) is 4.96. The molecule has 0 atom stereocenters. The van der Waals surface area contributed by atoms with Crippen molar-refractivity contribution in [2.75, 3.05) is 13.6 Å². The molecule has 0 N–H and O–H groups in total. The largest absolute Gasteiger partial charge is 0.457 e. The normalized spacial score (nSPS) is 11.8. The molecular formula is C22H28N2O. The zero-order valence-corrected chi connectivity index (χ0v) is 16.1. The first-order chi connectivity index (χ1) is 11.9. The van der Waals surface area contributed by atoms with Crippen LogP contribution in [0, 0.1) is 13.8 Å². The highest BCUT2D eigenvalue weighted by molar-refractivity contribution is 5.66. The van der Waals surface area contributed by atoms with Crippen LogP contribution in [0.4, 0.5) is 5.69 Å². The molecule has 0 radical (unpaired) electrons. The third-order valence-corrected chi connectivity index (χ3v) is 4.34. The molecule has 25 heavy (non-hydrogen) atoms.